The van der Waals surface area contributed by atoms with Crippen molar-refractivity contribution in [3.63, 3.8) is 0 Å². The van der Waals surface area contributed by atoms with Crippen LogP contribution in [0.1, 0.15) is 37.7 Å². The van der Waals surface area contributed by atoms with E-state index in [2.05, 4.69) is 27.7 Å². The van der Waals surface area contributed by atoms with E-state index in [1.165, 1.54) is 11.6 Å². The highest BCUT2D eigenvalue weighted by molar-refractivity contribution is 6.30. The Balaban J connectivity index is 1.29. The maximum Gasteiger partial charge on any atom is 0.319 e. The Morgan fingerprint density at radius 1 is 1.06 bits per heavy atom. The van der Waals surface area contributed by atoms with E-state index in [0.717, 1.165) is 56.6 Å². The average Bonchev–Trinajstić information content (AvgIpc) is 3.24. The summed E-state index contributed by atoms with van der Waals surface area (Å²) in [6.07, 6.45) is 6.45. The largest absolute Gasteiger partial charge is 0.334 e. The van der Waals surface area contributed by atoms with Crippen LogP contribution < -0.4 is 10.6 Å². The molecule has 2 N–H and O–H groups in total. The first-order valence-electron chi connectivity index (χ1n) is 11.3. The molecule has 2 aromatic rings. The number of rotatable bonds is 6. The summed E-state index contributed by atoms with van der Waals surface area (Å²) in [5.74, 6) is 0.669. The van der Waals surface area contributed by atoms with Crippen LogP contribution in [0, 0.1) is 16.0 Å². The summed E-state index contributed by atoms with van der Waals surface area (Å²) in [7, 11) is 0. The maximum atomic E-state index is 12.6. The molecule has 7 nitrogen and oxygen atoms in total. The Hall–Kier alpha value is -2.64. The molecule has 0 unspecified atom stereocenters. The van der Waals surface area contributed by atoms with E-state index in [9.17, 15) is 14.9 Å². The van der Waals surface area contributed by atoms with E-state index < -0.39 is 4.92 Å². The fourth-order valence-corrected chi connectivity index (χ4v) is 5.18. The van der Waals surface area contributed by atoms with Gasteiger partial charge in [0, 0.05) is 23.2 Å². The molecule has 1 saturated carbocycles. The second-order valence-corrected chi connectivity index (χ2v) is 9.22. The number of nitrogens with zero attached hydrogens (tertiary/aromatic N) is 2. The molecule has 1 aliphatic carbocycles. The van der Waals surface area contributed by atoms with Gasteiger partial charge in [-0.05, 0) is 81.3 Å². The molecule has 170 valence electrons. The lowest BCUT2D eigenvalue weighted by Crippen LogP contribution is -2.52. The molecule has 0 aromatic heterocycles. The number of para-hydroxylation sites is 2. The number of benzene rings is 2. The van der Waals surface area contributed by atoms with Gasteiger partial charge in [-0.2, -0.15) is 0 Å². The molecule has 4 rings (SSSR count). The van der Waals surface area contributed by atoms with Crippen molar-refractivity contribution in [2.24, 2.45) is 5.92 Å². The van der Waals surface area contributed by atoms with Gasteiger partial charge in [-0.1, -0.05) is 35.9 Å². The number of carbonyl (C=O) groups is 1. The van der Waals surface area contributed by atoms with Crippen LogP contribution >= 0.6 is 11.6 Å². The monoisotopic (exact) mass is 456 g/mol. The van der Waals surface area contributed by atoms with Crippen LogP contribution in [0.25, 0.3) is 0 Å². The summed E-state index contributed by atoms with van der Waals surface area (Å²) in [5, 5.41) is 17.7. The number of piperidine rings is 1. The molecule has 1 saturated heterocycles. The van der Waals surface area contributed by atoms with E-state index in [4.69, 9.17) is 11.6 Å². The minimum atomic E-state index is -0.484. The van der Waals surface area contributed by atoms with E-state index in [1.807, 2.05) is 12.1 Å². The summed E-state index contributed by atoms with van der Waals surface area (Å²) in [6.45, 7) is 2.07. The number of halogens is 1. The molecule has 2 amide bonds. The number of carbonyl (C=O) groups excluding carboxylic acids is 1. The number of urea groups is 1. The highest BCUT2D eigenvalue weighted by atomic mass is 35.5. The second-order valence-electron chi connectivity index (χ2n) is 8.79. The fourth-order valence-electron chi connectivity index (χ4n) is 5.05. The molecule has 2 aromatic carbocycles. The van der Waals surface area contributed by atoms with Gasteiger partial charge in [0.05, 0.1) is 4.92 Å². The normalized spacial score (nSPS) is 21.9. The number of amides is 2. The summed E-state index contributed by atoms with van der Waals surface area (Å²) < 4.78 is 0. The predicted octanol–water partition coefficient (Wildman–Crippen LogP) is 5.25. The zero-order valence-electron chi connectivity index (χ0n) is 18.0. The summed E-state index contributed by atoms with van der Waals surface area (Å²) in [5.41, 5.74) is 1.45. The van der Waals surface area contributed by atoms with Gasteiger partial charge < -0.3 is 10.6 Å². The van der Waals surface area contributed by atoms with E-state index in [1.54, 1.807) is 18.2 Å². The van der Waals surface area contributed by atoms with Crippen molar-refractivity contribution in [1.82, 2.24) is 10.2 Å². The number of nitro benzene ring substituents is 1. The van der Waals surface area contributed by atoms with E-state index >= 15 is 0 Å². The van der Waals surface area contributed by atoms with Crippen LogP contribution in [-0.4, -0.2) is 41.0 Å². The van der Waals surface area contributed by atoms with E-state index in [-0.39, 0.29) is 23.4 Å². The zero-order chi connectivity index (χ0) is 22.5. The van der Waals surface area contributed by atoms with Crippen LogP contribution in [0.3, 0.4) is 0 Å². The molecule has 1 heterocycles. The Labute approximate surface area is 193 Å². The van der Waals surface area contributed by atoms with Gasteiger partial charge in [-0.15, -0.1) is 0 Å². The molecular formula is C24H29ClN4O3. The molecule has 0 spiro atoms. The van der Waals surface area contributed by atoms with Crippen molar-refractivity contribution in [3.05, 3.63) is 69.2 Å². The van der Waals surface area contributed by atoms with Crippen molar-refractivity contribution in [2.45, 2.75) is 50.6 Å². The van der Waals surface area contributed by atoms with E-state index in [0.29, 0.717) is 12.0 Å². The van der Waals surface area contributed by atoms with Gasteiger partial charge in [-0.3, -0.25) is 15.0 Å². The first kappa shape index (κ1) is 22.6. The number of nitro groups is 1. The van der Waals surface area contributed by atoms with Crippen molar-refractivity contribution in [1.29, 1.82) is 0 Å². The molecule has 8 heteroatoms. The van der Waals surface area contributed by atoms with Crippen molar-refractivity contribution in [3.8, 4) is 0 Å². The Kier molecular flexibility index (Phi) is 7.27. The van der Waals surface area contributed by atoms with Crippen LogP contribution in [0.2, 0.25) is 5.02 Å². The molecular weight excluding hydrogens is 428 g/mol. The standard InChI is InChI=1S/C24H29ClN4O3/c25-19-10-8-17(9-11-19)16-18-12-14-28(15-13-18)22-7-3-5-20(22)26-24(30)27-21-4-1-2-6-23(21)29(31)32/h1-2,4,6,8-11,18,20,22H,3,5,7,12-16H2,(H2,26,27,30)/t20-,22-/m1/s1. The second kappa shape index (κ2) is 10.3. The Morgan fingerprint density at radius 3 is 2.50 bits per heavy atom. The van der Waals surface area contributed by atoms with Gasteiger partial charge in [0.2, 0.25) is 0 Å². The minimum Gasteiger partial charge on any atom is -0.334 e. The maximum absolute atomic E-state index is 12.6. The molecule has 1 aliphatic heterocycles. The quantitative estimate of drug-likeness (QED) is 0.459. The molecule has 2 atom stereocenters. The first-order valence-corrected chi connectivity index (χ1v) is 11.7. The number of anilines is 1. The molecule has 0 bridgehead atoms. The Morgan fingerprint density at radius 2 is 1.78 bits per heavy atom. The van der Waals surface area contributed by atoms with Crippen LogP contribution in [0.4, 0.5) is 16.2 Å². The number of hydrogen-bond acceptors (Lipinski definition) is 4. The SMILES string of the molecule is O=C(Nc1ccccc1[N+](=O)[O-])N[C@@H]1CCC[C@H]1N1CCC(Cc2ccc(Cl)cc2)CC1. The van der Waals surface area contributed by atoms with Gasteiger partial charge in [0.1, 0.15) is 5.69 Å². The molecule has 32 heavy (non-hydrogen) atoms. The lowest BCUT2D eigenvalue weighted by molar-refractivity contribution is -0.383. The van der Waals surface area contributed by atoms with Gasteiger partial charge in [0.25, 0.3) is 5.69 Å². The van der Waals surface area contributed by atoms with Gasteiger partial charge >= 0.3 is 6.03 Å². The third-order valence-electron chi connectivity index (χ3n) is 6.70. The van der Waals surface area contributed by atoms with Gasteiger partial charge in [0.15, 0.2) is 0 Å². The third kappa shape index (κ3) is 5.58. The van der Waals surface area contributed by atoms with Crippen LogP contribution in [-0.2, 0) is 6.42 Å². The molecule has 0 radical (unpaired) electrons. The predicted molar refractivity (Wildman–Crippen MR) is 126 cm³/mol. The van der Waals surface area contributed by atoms with Crippen LogP contribution in [0.5, 0.6) is 0 Å². The molecule has 2 aliphatic rings. The summed E-state index contributed by atoms with van der Waals surface area (Å²) in [4.78, 5) is 25.8. The highest BCUT2D eigenvalue weighted by Crippen LogP contribution is 2.30. The molecule has 2 fully saturated rings. The lowest BCUT2D eigenvalue weighted by Gasteiger charge is -2.38. The van der Waals surface area contributed by atoms with Gasteiger partial charge in [-0.25, -0.2) is 4.79 Å². The highest BCUT2D eigenvalue weighted by Gasteiger charge is 2.35. The van der Waals surface area contributed by atoms with Crippen LogP contribution in [0.15, 0.2) is 48.5 Å². The summed E-state index contributed by atoms with van der Waals surface area (Å²) >= 11 is 5.99. The van der Waals surface area contributed by atoms with Crippen molar-refractivity contribution < 1.29 is 9.72 Å². The Bertz CT molecular complexity index is 945. The van der Waals surface area contributed by atoms with Crippen molar-refractivity contribution in [2.75, 3.05) is 18.4 Å². The minimum absolute atomic E-state index is 0.0607. The third-order valence-corrected chi connectivity index (χ3v) is 6.95. The average molecular weight is 457 g/mol. The fraction of sp³-hybridized carbons (Fsp3) is 0.458. The zero-order valence-corrected chi connectivity index (χ0v) is 18.8. The smallest absolute Gasteiger partial charge is 0.319 e. The van der Waals surface area contributed by atoms with Crippen molar-refractivity contribution >= 4 is 29.0 Å². The summed E-state index contributed by atoms with van der Waals surface area (Å²) in [6, 6.07) is 14.3. The first-order chi connectivity index (χ1) is 15.5. The number of nitrogens with one attached hydrogen (secondary N) is 2. The lowest BCUT2D eigenvalue weighted by atomic mass is 9.89. The number of likely N-dealkylation sites (tertiary alicyclic amines) is 1. The number of hydrogen-bond donors (Lipinski definition) is 2. The topological polar surface area (TPSA) is 87.5 Å².